The van der Waals surface area contributed by atoms with E-state index in [0.29, 0.717) is 13.1 Å². The van der Waals surface area contributed by atoms with E-state index in [1.54, 1.807) is 11.2 Å². The van der Waals surface area contributed by atoms with Crippen LogP contribution < -0.4 is 5.32 Å². The van der Waals surface area contributed by atoms with Crippen LogP contribution in [0, 0.1) is 13.8 Å². The molecule has 27 heavy (non-hydrogen) atoms. The molecule has 0 saturated carbocycles. The van der Waals surface area contributed by atoms with Crippen molar-refractivity contribution in [1.29, 1.82) is 0 Å². The number of carbonyl (C=O) groups excluding carboxylic acids is 1. The second-order valence-electron chi connectivity index (χ2n) is 6.69. The Bertz CT molecular complexity index is 1060. The molecule has 0 fully saturated rings. The lowest BCUT2D eigenvalue weighted by Crippen LogP contribution is -2.37. The summed E-state index contributed by atoms with van der Waals surface area (Å²) in [4.78, 5) is 26.5. The predicted molar refractivity (Wildman–Crippen MR) is 111 cm³/mol. The Hall–Kier alpha value is -2.67. The molecule has 3 aromatic rings. The van der Waals surface area contributed by atoms with Crippen LogP contribution in [-0.2, 0) is 0 Å². The number of rotatable bonds is 2. The topological polar surface area (TPSA) is 73.9 Å². The van der Waals surface area contributed by atoms with E-state index in [2.05, 4.69) is 49.2 Å². The number of anilines is 1. The van der Waals surface area contributed by atoms with Crippen molar-refractivity contribution in [2.75, 3.05) is 18.4 Å². The van der Waals surface area contributed by atoms with Crippen LogP contribution >= 0.6 is 15.9 Å². The van der Waals surface area contributed by atoms with E-state index in [4.69, 9.17) is 0 Å². The highest BCUT2D eigenvalue weighted by molar-refractivity contribution is 9.10. The minimum atomic E-state index is -0.0927. The first-order chi connectivity index (χ1) is 13.0. The third kappa shape index (κ3) is 3.47. The molecule has 0 unspecified atom stereocenters. The van der Waals surface area contributed by atoms with Crippen LogP contribution in [0.15, 0.2) is 41.1 Å². The van der Waals surface area contributed by atoms with E-state index >= 15 is 0 Å². The SMILES string of the molecule is Cc1[nH]c2ncnc(C3=CCN(C(=O)Nc4cccc(Br)c4)CC3)c2c1C. The standard InChI is InChI=1S/C20H20BrN5O/c1-12-13(2)24-19-17(12)18(22-11-23-19)14-6-8-26(9-7-14)20(27)25-16-5-3-4-15(21)10-16/h3-6,10-11H,7-9H2,1-2H3,(H,25,27)(H,22,23,24). The average Bonchev–Trinajstić information content (AvgIpc) is 2.96. The Kier molecular flexibility index (Phi) is 4.70. The summed E-state index contributed by atoms with van der Waals surface area (Å²) in [6, 6.07) is 7.50. The number of benzene rings is 1. The third-order valence-electron chi connectivity index (χ3n) is 4.97. The molecule has 1 aliphatic heterocycles. The highest BCUT2D eigenvalue weighted by Crippen LogP contribution is 2.30. The molecule has 3 heterocycles. The summed E-state index contributed by atoms with van der Waals surface area (Å²) in [5.41, 5.74) is 6.06. The van der Waals surface area contributed by atoms with Crippen molar-refractivity contribution in [1.82, 2.24) is 19.9 Å². The summed E-state index contributed by atoms with van der Waals surface area (Å²) in [5, 5.41) is 4.02. The molecule has 138 valence electrons. The van der Waals surface area contributed by atoms with Gasteiger partial charge >= 0.3 is 6.03 Å². The second kappa shape index (κ2) is 7.15. The fraction of sp³-hybridized carbons (Fsp3) is 0.250. The lowest BCUT2D eigenvalue weighted by molar-refractivity contribution is 0.217. The van der Waals surface area contributed by atoms with E-state index in [-0.39, 0.29) is 6.03 Å². The van der Waals surface area contributed by atoms with Gasteiger partial charge in [0.05, 0.1) is 5.69 Å². The number of nitrogens with one attached hydrogen (secondary N) is 2. The number of amides is 2. The first kappa shape index (κ1) is 17.7. The van der Waals surface area contributed by atoms with Crippen molar-refractivity contribution in [3.05, 3.63) is 58.1 Å². The zero-order chi connectivity index (χ0) is 19.0. The molecule has 0 spiro atoms. The van der Waals surface area contributed by atoms with Gasteiger partial charge in [0.25, 0.3) is 0 Å². The van der Waals surface area contributed by atoms with Gasteiger partial charge in [-0.05, 0) is 49.6 Å². The smallest absolute Gasteiger partial charge is 0.322 e. The van der Waals surface area contributed by atoms with Crippen molar-refractivity contribution < 1.29 is 4.79 Å². The highest BCUT2D eigenvalue weighted by Gasteiger charge is 2.21. The summed E-state index contributed by atoms with van der Waals surface area (Å²) in [6.07, 6.45) is 4.45. The molecule has 2 N–H and O–H groups in total. The fourth-order valence-corrected chi connectivity index (χ4v) is 3.77. The van der Waals surface area contributed by atoms with Crippen LogP contribution in [0.25, 0.3) is 16.6 Å². The van der Waals surface area contributed by atoms with Crippen molar-refractivity contribution >= 4 is 44.3 Å². The molecule has 0 atom stereocenters. The van der Waals surface area contributed by atoms with Crippen molar-refractivity contribution in [2.45, 2.75) is 20.3 Å². The van der Waals surface area contributed by atoms with Crippen LogP contribution in [-0.4, -0.2) is 39.0 Å². The monoisotopic (exact) mass is 425 g/mol. The number of aryl methyl sites for hydroxylation is 2. The van der Waals surface area contributed by atoms with Gasteiger partial charge in [0, 0.05) is 34.3 Å². The predicted octanol–water partition coefficient (Wildman–Crippen LogP) is 4.66. The number of fused-ring (bicyclic) bond motifs is 1. The summed E-state index contributed by atoms with van der Waals surface area (Å²) >= 11 is 3.42. The largest absolute Gasteiger partial charge is 0.343 e. The number of aromatic nitrogens is 3. The van der Waals surface area contributed by atoms with Gasteiger partial charge in [-0.25, -0.2) is 14.8 Å². The molecule has 6 nitrogen and oxygen atoms in total. The summed E-state index contributed by atoms with van der Waals surface area (Å²) in [5.74, 6) is 0. The van der Waals surface area contributed by atoms with E-state index in [9.17, 15) is 4.79 Å². The van der Waals surface area contributed by atoms with Gasteiger partial charge in [-0.1, -0.05) is 28.1 Å². The zero-order valence-electron chi connectivity index (χ0n) is 15.2. The molecule has 2 aromatic heterocycles. The number of nitrogens with zero attached hydrogens (tertiary/aromatic N) is 3. The Labute approximate surface area is 165 Å². The van der Waals surface area contributed by atoms with Gasteiger partial charge < -0.3 is 15.2 Å². The molecule has 0 saturated heterocycles. The Balaban J connectivity index is 1.53. The number of urea groups is 1. The molecule has 4 rings (SSSR count). The normalized spacial score (nSPS) is 14.3. The van der Waals surface area contributed by atoms with Crippen LogP contribution in [0.2, 0.25) is 0 Å². The van der Waals surface area contributed by atoms with Crippen LogP contribution in [0.3, 0.4) is 0 Å². The molecule has 0 aliphatic carbocycles. The Morgan fingerprint density at radius 2 is 2.15 bits per heavy atom. The lowest BCUT2D eigenvalue weighted by atomic mass is 10.0. The van der Waals surface area contributed by atoms with Crippen LogP contribution in [0.1, 0.15) is 23.4 Å². The van der Waals surface area contributed by atoms with Gasteiger partial charge in [-0.2, -0.15) is 0 Å². The van der Waals surface area contributed by atoms with E-state index in [0.717, 1.165) is 44.6 Å². The minimum absolute atomic E-state index is 0.0927. The number of hydrogen-bond donors (Lipinski definition) is 2. The molecular formula is C20H20BrN5O. The molecule has 7 heteroatoms. The maximum Gasteiger partial charge on any atom is 0.322 e. The molecular weight excluding hydrogens is 406 g/mol. The minimum Gasteiger partial charge on any atom is -0.343 e. The van der Waals surface area contributed by atoms with E-state index in [1.165, 1.54) is 5.56 Å². The van der Waals surface area contributed by atoms with E-state index in [1.807, 2.05) is 31.2 Å². The lowest BCUT2D eigenvalue weighted by Gasteiger charge is -2.26. The number of carbonyl (C=O) groups is 1. The quantitative estimate of drug-likeness (QED) is 0.626. The van der Waals surface area contributed by atoms with Crippen LogP contribution in [0.5, 0.6) is 0 Å². The van der Waals surface area contributed by atoms with Gasteiger partial charge in [0.2, 0.25) is 0 Å². The zero-order valence-corrected chi connectivity index (χ0v) is 16.8. The second-order valence-corrected chi connectivity index (χ2v) is 7.60. The average molecular weight is 426 g/mol. The van der Waals surface area contributed by atoms with Crippen molar-refractivity contribution in [3.63, 3.8) is 0 Å². The van der Waals surface area contributed by atoms with Crippen molar-refractivity contribution in [2.24, 2.45) is 0 Å². The first-order valence-electron chi connectivity index (χ1n) is 8.83. The van der Waals surface area contributed by atoms with E-state index < -0.39 is 0 Å². The number of H-pyrrole nitrogens is 1. The third-order valence-corrected chi connectivity index (χ3v) is 5.46. The molecule has 0 radical (unpaired) electrons. The molecule has 2 amide bonds. The maximum absolute atomic E-state index is 12.5. The maximum atomic E-state index is 12.5. The van der Waals surface area contributed by atoms with Crippen molar-refractivity contribution in [3.8, 4) is 0 Å². The highest BCUT2D eigenvalue weighted by atomic mass is 79.9. The number of aromatic amines is 1. The van der Waals surface area contributed by atoms with Gasteiger partial charge in [0.1, 0.15) is 12.0 Å². The summed E-state index contributed by atoms with van der Waals surface area (Å²) < 4.78 is 0.936. The van der Waals surface area contributed by atoms with Gasteiger partial charge in [-0.3, -0.25) is 0 Å². The molecule has 1 aromatic carbocycles. The Morgan fingerprint density at radius 1 is 1.30 bits per heavy atom. The number of halogens is 1. The van der Waals surface area contributed by atoms with Crippen LogP contribution in [0.4, 0.5) is 10.5 Å². The molecule has 0 bridgehead atoms. The Morgan fingerprint density at radius 3 is 2.89 bits per heavy atom. The van der Waals surface area contributed by atoms with Gasteiger partial charge in [0.15, 0.2) is 0 Å². The summed E-state index contributed by atoms with van der Waals surface area (Å²) in [6.45, 7) is 5.34. The first-order valence-corrected chi connectivity index (χ1v) is 9.63. The van der Waals surface area contributed by atoms with Gasteiger partial charge in [-0.15, -0.1) is 0 Å². The fourth-order valence-electron chi connectivity index (χ4n) is 3.38. The number of hydrogen-bond acceptors (Lipinski definition) is 3. The molecule has 1 aliphatic rings. The summed E-state index contributed by atoms with van der Waals surface area (Å²) in [7, 11) is 0.